The zero-order valence-corrected chi connectivity index (χ0v) is 17.4. The summed E-state index contributed by atoms with van der Waals surface area (Å²) >= 11 is 0. The molecule has 1 saturated heterocycles. The van der Waals surface area contributed by atoms with E-state index in [2.05, 4.69) is 46.5 Å². The fraction of sp³-hybridized carbons (Fsp3) is 0.480. The number of oxime groups is 1. The number of nitrogens with zero attached hydrogens (tertiary/aromatic N) is 2. The lowest BCUT2D eigenvalue weighted by atomic mass is 9.80. The summed E-state index contributed by atoms with van der Waals surface area (Å²) in [4.78, 5) is 2.61. The van der Waals surface area contributed by atoms with Gasteiger partial charge in [-0.05, 0) is 93.4 Å². The van der Waals surface area contributed by atoms with Crippen LogP contribution in [0.25, 0.3) is 0 Å². The highest BCUT2D eigenvalue weighted by Gasteiger charge is 2.27. The second-order valence-corrected chi connectivity index (χ2v) is 8.41. The quantitative estimate of drug-likeness (QED) is 0.550. The van der Waals surface area contributed by atoms with E-state index in [9.17, 15) is 5.21 Å². The molecule has 0 saturated carbocycles. The number of likely N-dealkylation sites (tertiary alicyclic amines) is 1. The summed E-state index contributed by atoms with van der Waals surface area (Å²) in [5.74, 6) is 1.94. The maximum Gasteiger partial charge on any atom is 0.119 e. The minimum atomic E-state index is 0.350. The Bertz CT molecular complexity index is 826. The molecule has 1 aliphatic heterocycles. The molecular formula is C25H32N2O2. The highest BCUT2D eigenvalue weighted by molar-refractivity contribution is 6.04. The predicted octanol–water partition coefficient (Wildman–Crippen LogP) is 5.10. The first-order valence-corrected chi connectivity index (χ1v) is 10.9. The Hall–Kier alpha value is -2.33. The molecule has 4 rings (SSSR count). The van der Waals surface area contributed by atoms with E-state index in [-0.39, 0.29) is 0 Å². The molecule has 154 valence electrons. The molecule has 1 N–H and O–H groups in total. The number of rotatable bonds is 6. The summed E-state index contributed by atoms with van der Waals surface area (Å²) < 4.78 is 5.34. The smallest absolute Gasteiger partial charge is 0.119 e. The second-order valence-electron chi connectivity index (χ2n) is 8.41. The highest BCUT2D eigenvalue weighted by Crippen LogP contribution is 2.32. The highest BCUT2D eigenvalue weighted by atomic mass is 16.5. The molecule has 1 fully saturated rings. The van der Waals surface area contributed by atoms with E-state index in [4.69, 9.17) is 4.74 Å². The summed E-state index contributed by atoms with van der Waals surface area (Å²) in [6, 6.07) is 17.0. The summed E-state index contributed by atoms with van der Waals surface area (Å²) in [5.41, 5.74) is 4.68. The first-order chi connectivity index (χ1) is 14.3. The van der Waals surface area contributed by atoms with E-state index in [1.54, 1.807) is 7.11 Å². The fourth-order valence-corrected chi connectivity index (χ4v) is 5.03. The molecule has 4 heteroatoms. The third kappa shape index (κ3) is 4.64. The average Bonchev–Trinajstić information content (AvgIpc) is 2.79. The minimum absolute atomic E-state index is 0.350. The van der Waals surface area contributed by atoms with Crippen molar-refractivity contribution >= 4 is 5.71 Å². The normalized spacial score (nSPS) is 21.8. The number of ether oxygens (including phenoxy) is 1. The van der Waals surface area contributed by atoms with Gasteiger partial charge in [0.05, 0.1) is 12.8 Å². The van der Waals surface area contributed by atoms with Crippen molar-refractivity contribution in [1.82, 2.24) is 4.90 Å². The molecule has 0 spiro atoms. The van der Waals surface area contributed by atoms with Gasteiger partial charge in [0.1, 0.15) is 5.75 Å². The third-order valence-electron chi connectivity index (χ3n) is 6.73. The van der Waals surface area contributed by atoms with Gasteiger partial charge in [0.15, 0.2) is 0 Å². The molecule has 2 aromatic rings. The Morgan fingerprint density at radius 3 is 2.59 bits per heavy atom. The van der Waals surface area contributed by atoms with Gasteiger partial charge in [0, 0.05) is 11.5 Å². The first-order valence-electron chi connectivity index (χ1n) is 10.9. The molecule has 0 radical (unpaired) electrons. The van der Waals surface area contributed by atoms with Crippen molar-refractivity contribution < 1.29 is 9.94 Å². The molecule has 4 nitrogen and oxygen atoms in total. The van der Waals surface area contributed by atoms with Gasteiger partial charge in [-0.25, -0.2) is 0 Å². The van der Waals surface area contributed by atoms with E-state index >= 15 is 0 Å². The van der Waals surface area contributed by atoms with Crippen molar-refractivity contribution in [3.8, 4) is 5.75 Å². The van der Waals surface area contributed by atoms with Crippen molar-refractivity contribution in [3.05, 3.63) is 65.2 Å². The lowest BCUT2D eigenvalue weighted by Gasteiger charge is -2.33. The predicted molar refractivity (Wildman–Crippen MR) is 117 cm³/mol. The number of methoxy groups -OCH3 is 1. The maximum absolute atomic E-state index is 9.67. The standard InChI is InChI=1S/C25H32N2O2/c1-29-23-11-12-24-22(18-23)10-9-21(25(24)26-28)8-5-15-27-16-13-20(14-17-27)19-6-3-2-4-7-19/h2-4,6-7,11-12,18,20-21,28H,5,8-10,13-17H2,1H3/b26-25+. The maximum atomic E-state index is 9.67. The van der Waals surface area contributed by atoms with Crippen LogP contribution in [0.4, 0.5) is 0 Å². The van der Waals surface area contributed by atoms with Crippen LogP contribution >= 0.6 is 0 Å². The van der Waals surface area contributed by atoms with Crippen LogP contribution in [0, 0.1) is 5.92 Å². The van der Waals surface area contributed by atoms with Crippen molar-refractivity contribution in [2.75, 3.05) is 26.7 Å². The number of benzene rings is 2. The fourth-order valence-electron chi connectivity index (χ4n) is 5.03. The minimum Gasteiger partial charge on any atom is -0.497 e. The van der Waals surface area contributed by atoms with Crippen LogP contribution in [0.2, 0.25) is 0 Å². The Labute approximate surface area is 174 Å². The van der Waals surface area contributed by atoms with Crippen LogP contribution in [-0.2, 0) is 6.42 Å². The van der Waals surface area contributed by atoms with E-state index in [1.807, 2.05) is 12.1 Å². The van der Waals surface area contributed by atoms with Gasteiger partial charge in [-0.1, -0.05) is 35.5 Å². The molecule has 0 bridgehead atoms. The molecular weight excluding hydrogens is 360 g/mol. The van der Waals surface area contributed by atoms with Gasteiger partial charge >= 0.3 is 0 Å². The molecule has 1 heterocycles. The van der Waals surface area contributed by atoms with Crippen LogP contribution in [0.1, 0.15) is 54.7 Å². The second kappa shape index (κ2) is 9.45. The lowest BCUT2D eigenvalue weighted by Crippen LogP contribution is -2.34. The molecule has 2 aliphatic rings. The summed E-state index contributed by atoms with van der Waals surface area (Å²) in [6.07, 6.45) is 6.83. The molecule has 1 aliphatic carbocycles. The Balaban J connectivity index is 1.27. The molecule has 0 aromatic heterocycles. The number of piperidine rings is 1. The zero-order valence-electron chi connectivity index (χ0n) is 17.4. The Morgan fingerprint density at radius 2 is 1.86 bits per heavy atom. The van der Waals surface area contributed by atoms with Crippen molar-refractivity contribution in [2.45, 2.75) is 44.4 Å². The van der Waals surface area contributed by atoms with Crippen LogP contribution in [-0.4, -0.2) is 42.6 Å². The van der Waals surface area contributed by atoms with E-state index < -0.39 is 0 Å². The SMILES string of the molecule is COc1ccc2c(c1)CCC(CCCN1CCC(c3ccccc3)CC1)/C2=N\O. The van der Waals surface area contributed by atoms with E-state index in [1.165, 1.54) is 37.1 Å². The van der Waals surface area contributed by atoms with Gasteiger partial charge in [0.2, 0.25) is 0 Å². The van der Waals surface area contributed by atoms with Crippen LogP contribution in [0.3, 0.4) is 0 Å². The zero-order chi connectivity index (χ0) is 20.1. The third-order valence-corrected chi connectivity index (χ3v) is 6.73. The lowest BCUT2D eigenvalue weighted by molar-refractivity contribution is 0.206. The molecule has 1 atom stereocenters. The van der Waals surface area contributed by atoms with E-state index in [0.717, 1.165) is 49.3 Å². The van der Waals surface area contributed by atoms with Crippen molar-refractivity contribution in [3.63, 3.8) is 0 Å². The summed E-state index contributed by atoms with van der Waals surface area (Å²) in [7, 11) is 1.69. The number of aryl methyl sites for hydroxylation is 1. The van der Waals surface area contributed by atoms with Gasteiger partial charge in [-0.2, -0.15) is 0 Å². The monoisotopic (exact) mass is 392 g/mol. The number of hydrogen-bond acceptors (Lipinski definition) is 4. The summed E-state index contributed by atoms with van der Waals surface area (Å²) in [5, 5.41) is 13.4. The van der Waals surface area contributed by atoms with E-state index in [0.29, 0.717) is 11.8 Å². The van der Waals surface area contributed by atoms with Crippen LogP contribution < -0.4 is 4.74 Å². The van der Waals surface area contributed by atoms with Gasteiger partial charge in [0.25, 0.3) is 0 Å². The largest absolute Gasteiger partial charge is 0.497 e. The molecule has 0 amide bonds. The van der Waals surface area contributed by atoms with Gasteiger partial charge < -0.3 is 14.8 Å². The molecule has 29 heavy (non-hydrogen) atoms. The average molecular weight is 393 g/mol. The Morgan fingerprint density at radius 1 is 1.07 bits per heavy atom. The van der Waals surface area contributed by atoms with Gasteiger partial charge in [-0.3, -0.25) is 0 Å². The van der Waals surface area contributed by atoms with Crippen LogP contribution in [0.15, 0.2) is 53.7 Å². The topological polar surface area (TPSA) is 45.1 Å². The summed E-state index contributed by atoms with van der Waals surface area (Å²) in [6.45, 7) is 3.52. The number of hydrogen-bond donors (Lipinski definition) is 1. The van der Waals surface area contributed by atoms with Crippen molar-refractivity contribution in [2.24, 2.45) is 11.1 Å². The Kier molecular flexibility index (Phi) is 6.50. The van der Waals surface area contributed by atoms with Gasteiger partial charge in [-0.15, -0.1) is 0 Å². The number of fused-ring (bicyclic) bond motifs is 1. The van der Waals surface area contributed by atoms with Crippen molar-refractivity contribution in [1.29, 1.82) is 0 Å². The first kappa shape index (κ1) is 20.0. The molecule has 1 unspecified atom stereocenters. The van der Waals surface area contributed by atoms with Crippen LogP contribution in [0.5, 0.6) is 5.75 Å². The molecule has 2 aromatic carbocycles.